The maximum atomic E-state index is 5.13. The van der Waals surface area contributed by atoms with Gasteiger partial charge < -0.3 is 0 Å². The monoisotopic (exact) mass is 854 g/mol. The molecule has 0 atom stereocenters. The molecule has 0 spiro atoms. The Morgan fingerprint density at radius 3 is 1.18 bits per heavy atom. The molecular weight excluding hydrogens is 813 g/mol. The predicted octanol–water partition coefficient (Wildman–Crippen LogP) is 15.3. The summed E-state index contributed by atoms with van der Waals surface area (Å²) in [6.45, 7) is 0. The Kier molecular flexibility index (Phi) is 10.0. The highest BCUT2D eigenvalue weighted by atomic mass is 14.7. The van der Waals surface area contributed by atoms with Crippen LogP contribution in [0.1, 0.15) is 22.3 Å². The van der Waals surface area contributed by atoms with Gasteiger partial charge in [-0.05, 0) is 146 Å². The van der Waals surface area contributed by atoms with E-state index in [0.29, 0.717) is 0 Å². The van der Waals surface area contributed by atoms with Gasteiger partial charge in [0.15, 0.2) is 0 Å². The SMILES string of the molecule is c1ccc(C2(c3ccccc3)c3ccccc3-c3c(-c4cc(-c5cccc(-c6cccc(-c7ccncc7)n6)c5)cc(-c5cccc(-c6cccc(-c7ccncc7)n6)c5)c4)cccc32)cc1. The molecule has 12 rings (SSSR count). The van der Waals surface area contributed by atoms with Gasteiger partial charge in [-0.25, -0.2) is 9.97 Å². The van der Waals surface area contributed by atoms with Gasteiger partial charge in [0.05, 0.1) is 28.2 Å². The minimum absolute atomic E-state index is 0.511. The molecule has 67 heavy (non-hydrogen) atoms. The van der Waals surface area contributed by atoms with Gasteiger partial charge >= 0.3 is 0 Å². The molecular formula is C63H42N4. The number of hydrogen-bond donors (Lipinski definition) is 0. The second-order valence-electron chi connectivity index (χ2n) is 17.0. The van der Waals surface area contributed by atoms with Crippen molar-refractivity contribution in [2.45, 2.75) is 5.41 Å². The number of hydrogen-bond acceptors (Lipinski definition) is 4. The molecule has 4 aromatic heterocycles. The summed E-state index contributed by atoms with van der Waals surface area (Å²) in [7, 11) is 0. The molecule has 0 N–H and O–H groups in total. The molecule has 314 valence electrons. The molecule has 0 saturated carbocycles. The number of benzene rings is 7. The van der Waals surface area contributed by atoms with Crippen molar-refractivity contribution in [2.24, 2.45) is 0 Å². The second kappa shape index (κ2) is 16.9. The Bertz CT molecular complexity index is 3390. The van der Waals surface area contributed by atoms with Crippen LogP contribution in [0.4, 0.5) is 0 Å². The van der Waals surface area contributed by atoms with Crippen molar-refractivity contribution in [1.82, 2.24) is 19.9 Å². The zero-order valence-corrected chi connectivity index (χ0v) is 36.5. The zero-order chi connectivity index (χ0) is 44.6. The van der Waals surface area contributed by atoms with Gasteiger partial charge in [-0.3, -0.25) is 9.97 Å². The quantitative estimate of drug-likeness (QED) is 0.145. The lowest BCUT2D eigenvalue weighted by Crippen LogP contribution is -2.28. The summed E-state index contributed by atoms with van der Waals surface area (Å²) >= 11 is 0. The van der Waals surface area contributed by atoms with Crippen LogP contribution in [-0.4, -0.2) is 19.9 Å². The molecule has 0 amide bonds. The van der Waals surface area contributed by atoms with E-state index in [4.69, 9.17) is 9.97 Å². The molecule has 0 aliphatic heterocycles. The normalized spacial score (nSPS) is 12.3. The van der Waals surface area contributed by atoms with Crippen molar-refractivity contribution in [1.29, 1.82) is 0 Å². The fraction of sp³-hybridized carbons (Fsp3) is 0.0159. The number of pyridine rings is 4. The number of rotatable bonds is 9. The van der Waals surface area contributed by atoms with Crippen molar-refractivity contribution >= 4 is 0 Å². The fourth-order valence-electron chi connectivity index (χ4n) is 10.1. The predicted molar refractivity (Wildman–Crippen MR) is 273 cm³/mol. The summed E-state index contributed by atoms with van der Waals surface area (Å²) in [4.78, 5) is 18.7. The van der Waals surface area contributed by atoms with Crippen LogP contribution in [0.3, 0.4) is 0 Å². The topological polar surface area (TPSA) is 51.6 Å². The third-order valence-electron chi connectivity index (χ3n) is 13.2. The first-order valence-electron chi connectivity index (χ1n) is 22.7. The van der Waals surface area contributed by atoms with Crippen LogP contribution in [0, 0.1) is 0 Å². The molecule has 0 radical (unpaired) electrons. The molecule has 1 aliphatic rings. The Morgan fingerprint density at radius 2 is 0.642 bits per heavy atom. The second-order valence-corrected chi connectivity index (χ2v) is 17.0. The van der Waals surface area contributed by atoms with E-state index in [-0.39, 0.29) is 0 Å². The van der Waals surface area contributed by atoms with Gasteiger partial charge in [0, 0.05) is 47.0 Å². The third kappa shape index (κ3) is 7.13. The minimum atomic E-state index is -0.511. The first kappa shape index (κ1) is 39.7. The average molecular weight is 855 g/mol. The van der Waals surface area contributed by atoms with Crippen LogP contribution in [0.2, 0.25) is 0 Å². The first-order chi connectivity index (χ1) is 33.2. The van der Waals surface area contributed by atoms with Crippen LogP contribution in [-0.2, 0) is 5.41 Å². The molecule has 0 fully saturated rings. The van der Waals surface area contributed by atoms with Gasteiger partial charge in [-0.15, -0.1) is 0 Å². The summed E-state index contributed by atoms with van der Waals surface area (Å²) in [6.07, 6.45) is 7.24. The molecule has 4 heterocycles. The molecule has 7 aromatic carbocycles. The number of fused-ring (bicyclic) bond motifs is 3. The Hall–Kier alpha value is -8.86. The highest BCUT2D eigenvalue weighted by molar-refractivity contribution is 5.97. The molecule has 0 bridgehead atoms. The fourth-order valence-corrected chi connectivity index (χ4v) is 10.1. The van der Waals surface area contributed by atoms with E-state index in [9.17, 15) is 0 Å². The van der Waals surface area contributed by atoms with Gasteiger partial charge in [0.1, 0.15) is 0 Å². The van der Waals surface area contributed by atoms with Crippen molar-refractivity contribution in [3.05, 3.63) is 278 Å². The summed E-state index contributed by atoms with van der Waals surface area (Å²) in [6, 6.07) is 83.0. The smallest absolute Gasteiger partial charge is 0.0713 e. The van der Waals surface area contributed by atoms with E-state index < -0.39 is 5.41 Å². The van der Waals surface area contributed by atoms with Gasteiger partial charge in [0.25, 0.3) is 0 Å². The van der Waals surface area contributed by atoms with Crippen LogP contribution in [0.25, 0.3) is 89.5 Å². The molecule has 0 saturated heterocycles. The molecule has 11 aromatic rings. The van der Waals surface area contributed by atoms with Gasteiger partial charge in [0.2, 0.25) is 0 Å². The maximum absolute atomic E-state index is 5.13. The van der Waals surface area contributed by atoms with E-state index >= 15 is 0 Å². The zero-order valence-electron chi connectivity index (χ0n) is 36.5. The Balaban J connectivity index is 1.06. The van der Waals surface area contributed by atoms with Gasteiger partial charge in [-0.1, -0.05) is 152 Å². The summed E-state index contributed by atoms with van der Waals surface area (Å²) < 4.78 is 0. The van der Waals surface area contributed by atoms with Crippen molar-refractivity contribution < 1.29 is 0 Å². The standard InChI is InChI=1S/C63H42N4/c1-3-18-52(19-4-1)63(53-20-5-2-6-21-53)56-24-8-7-22-55(56)62-54(23-11-25-57(62)63)51-41-49(45-14-9-16-47(38-45)60-28-12-26-58(66-60)43-30-34-64-35-31-43)40-50(42-51)46-15-10-17-48(39-46)61-29-13-27-59(67-61)44-32-36-65-37-33-44/h1-42H. The largest absolute Gasteiger partial charge is 0.265 e. The molecule has 0 unspecified atom stereocenters. The van der Waals surface area contributed by atoms with Crippen LogP contribution < -0.4 is 0 Å². The first-order valence-corrected chi connectivity index (χ1v) is 22.7. The maximum Gasteiger partial charge on any atom is 0.0713 e. The van der Waals surface area contributed by atoms with E-state index in [1.54, 1.807) is 0 Å². The van der Waals surface area contributed by atoms with E-state index in [1.165, 1.54) is 38.9 Å². The molecule has 4 heteroatoms. The lowest BCUT2D eigenvalue weighted by atomic mass is 9.67. The highest BCUT2D eigenvalue weighted by Crippen LogP contribution is 2.58. The number of aromatic nitrogens is 4. The van der Waals surface area contributed by atoms with Crippen LogP contribution >= 0.6 is 0 Å². The van der Waals surface area contributed by atoms with E-state index in [1.807, 2.05) is 49.1 Å². The highest BCUT2D eigenvalue weighted by Gasteiger charge is 2.46. The minimum Gasteiger partial charge on any atom is -0.265 e. The number of nitrogens with zero attached hydrogens (tertiary/aromatic N) is 4. The lowest BCUT2D eigenvalue weighted by Gasteiger charge is -2.34. The Labute approximate surface area is 390 Å². The van der Waals surface area contributed by atoms with E-state index in [2.05, 4.69) is 216 Å². The summed E-state index contributed by atoms with van der Waals surface area (Å²) in [5.74, 6) is 0. The van der Waals surface area contributed by atoms with Crippen molar-refractivity contribution in [3.8, 4) is 89.5 Å². The van der Waals surface area contributed by atoms with Gasteiger partial charge in [-0.2, -0.15) is 0 Å². The summed E-state index contributed by atoms with van der Waals surface area (Å²) in [5, 5.41) is 0. The Morgan fingerprint density at radius 1 is 0.254 bits per heavy atom. The molecule has 4 nitrogen and oxygen atoms in total. The van der Waals surface area contributed by atoms with Crippen molar-refractivity contribution in [2.75, 3.05) is 0 Å². The van der Waals surface area contributed by atoms with E-state index in [0.717, 1.165) is 72.8 Å². The van der Waals surface area contributed by atoms with Crippen molar-refractivity contribution in [3.63, 3.8) is 0 Å². The molecule has 1 aliphatic carbocycles. The third-order valence-corrected chi connectivity index (χ3v) is 13.2. The van der Waals surface area contributed by atoms with Crippen LogP contribution in [0.15, 0.2) is 255 Å². The lowest BCUT2D eigenvalue weighted by molar-refractivity contribution is 0.768. The average Bonchev–Trinajstić information content (AvgIpc) is 3.73. The summed E-state index contributed by atoms with van der Waals surface area (Å²) in [5.41, 5.74) is 21.6. The van der Waals surface area contributed by atoms with Crippen LogP contribution in [0.5, 0.6) is 0 Å².